The van der Waals surface area contributed by atoms with Crippen LogP contribution in [0, 0.1) is 6.92 Å². The molecule has 2 heterocycles. The molecule has 3 rings (SSSR count). The topological polar surface area (TPSA) is 59.8 Å². The fourth-order valence-electron chi connectivity index (χ4n) is 4.08. The van der Waals surface area contributed by atoms with Gasteiger partial charge in [-0.3, -0.25) is 14.4 Å². The zero-order chi connectivity index (χ0) is 23.6. The lowest BCUT2D eigenvalue weighted by Crippen LogP contribution is -2.32. The van der Waals surface area contributed by atoms with Gasteiger partial charge in [0.25, 0.3) is 5.91 Å². The molecule has 0 atom stereocenters. The molecular formula is C22H29F3N4O3. The van der Waals surface area contributed by atoms with Crippen molar-refractivity contribution in [2.24, 2.45) is 0 Å². The number of carbonyl (C=O) groups excluding carboxylic acids is 1. The van der Waals surface area contributed by atoms with Crippen molar-refractivity contribution in [3.8, 4) is 11.5 Å². The van der Waals surface area contributed by atoms with Gasteiger partial charge in [-0.15, -0.1) is 0 Å². The van der Waals surface area contributed by atoms with Gasteiger partial charge in [0.15, 0.2) is 5.69 Å². The summed E-state index contributed by atoms with van der Waals surface area (Å²) in [6.45, 7) is 3.25. The summed E-state index contributed by atoms with van der Waals surface area (Å²) in [6, 6.07) is 3.83. The first kappa shape index (κ1) is 23.9. The molecule has 1 aromatic carbocycles. The third-order valence-corrected chi connectivity index (χ3v) is 5.68. The van der Waals surface area contributed by atoms with Crippen LogP contribution in [0.3, 0.4) is 0 Å². The van der Waals surface area contributed by atoms with E-state index >= 15 is 0 Å². The van der Waals surface area contributed by atoms with Crippen LogP contribution in [-0.4, -0.2) is 66.5 Å². The zero-order valence-corrected chi connectivity index (χ0v) is 19.0. The molecule has 0 radical (unpaired) electrons. The summed E-state index contributed by atoms with van der Waals surface area (Å²) in [5, 5.41) is 4.29. The number of carbonyl (C=O) groups is 1. The summed E-state index contributed by atoms with van der Waals surface area (Å²) >= 11 is 0. The van der Waals surface area contributed by atoms with Gasteiger partial charge in [0, 0.05) is 69.1 Å². The second kappa shape index (κ2) is 9.40. The molecule has 32 heavy (non-hydrogen) atoms. The number of hydrogen-bond donors (Lipinski definition) is 0. The molecule has 1 aromatic heterocycles. The van der Waals surface area contributed by atoms with Crippen molar-refractivity contribution in [3.05, 3.63) is 40.2 Å². The number of halogens is 3. The minimum atomic E-state index is -4.28. The van der Waals surface area contributed by atoms with Crippen molar-refractivity contribution in [1.82, 2.24) is 19.6 Å². The SMILES string of the molecule is COc1ccc(CN2CCc3c(c(C(=O)N(C)C)nn3CCC(F)(F)F)C2)c(OC)c1C. The minimum Gasteiger partial charge on any atom is -0.496 e. The Balaban J connectivity index is 1.89. The number of ether oxygens (including phenoxy) is 2. The van der Waals surface area contributed by atoms with Crippen LogP contribution in [0.15, 0.2) is 12.1 Å². The molecule has 1 amide bonds. The van der Waals surface area contributed by atoms with E-state index < -0.39 is 12.6 Å². The van der Waals surface area contributed by atoms with E-state index in [1.807, 2.05) is 19.1 Å². The van der Waals surface area contributed by atoms with Crippen LogP contribution in [0.2, 0.25) is 0 Å². The van der Waals surface area contributed by atoms with Crippen molar-refractivity contribution in [2.75, 3.05) is 34.9 Å². The summed E-state index contributed by atoms with van der Waals surface area (Å²) in [5.41, 5.74) is 3.48. The van der Waals surface area contributed by atoms with E-state index in [9.17, 15) is 18.0 Å². The average molecular weight is 454 g/mol. The predicted molar refractivity (Wildman–Crippen MR) is 113 cm³/mol. The van der Waals surface area contributed by atoms with Gasteiger partial charge in [0.1, 0.15) is 11.5 Å². The minimum absolute atomic E-state index is 0.217. The van der Waals surface area contributed by atoms with Gasteiger partial charge in [-0.05, 0) is 13.0 Å². The normalized spacial score (nSPS) is 14.2. The standard InChI is InChI=1S/C22H29F3N4O3/c1-14-18(31-4)7-6-15(20(14)32-5)12-28-10-8-17-16(13-28)19(21(30)27(2)3)26-29(17)11-9-22(23,24)25/h6-7H,8-13H2,1-5H3. The van der Waals surface area contributed by atoms with Gasteiger partial charge in [0.2, 0.25) is 0 Å². The molecule has 0 saturated heterocycles. The highest BCUT2D eigenvalue weighted by molar-refractivity contribution is 5.93. The van der Waals surface area contributed by atoms with Crippen molar-refractivity contribution in [3.63, 3.8) is 0 Å². The molecule has 0 aliphatic carbocycles. The van der Waals surface area contributed by atoms with Crippen LogP contribution in [0.5, 0.6) is 11.5 Å². The number of amides is 1. The first-order valence-electron chi connectivity index (χ1n) is 10.4. The van der Waals surface area contributed by atoms with Crippen LogP contribution in [0.25, 0.3) is 0 Å². The number of fused-ring (bicyclic) bond motifs is 1. The van der Waals surface area contributed by atoms with Gasteiger partial charge in [0.05, 0.1) is 20.6 Å². The second-order valence-corrected chi connectivity index (χ2v) is 8.11. The molecule has 0 bridgehead atoms. The fourth-order valence-corrected chi connectivity index (χ4v) is 4.08. The number of alkyl halides is 3. The lowest BCUT2D eigenvalue weighted by Gasteiger charge is -2.29. The number of methoxy groups -OCH3 is 2. The number of rotatable bonds is 7. The molecule has 10 heteroatoms. The van der Waals surface area contributed by atoms with Crippen molar-refractivity contribution >= 4 is 5.91 Å². The molecule has 1 aliphatic rings. The Morgan fingerprint density at radius 1 is 1.22 bits per heavy atom. The Hall–Kier alpha value is -2.75. The quantitative estimate of drug-likeness (QED) is 0.642. The largest absolute Gasteiger partial charge is 0.496 e. The maximum Gasteiger partial charge on any atom is 0.390 e. The molecular weight excluding hydrogens is 425 g/mol. The summed E-state index contributed by atoms with van der Waals surface area (Å²) < 4.78 is 50.7. The molecule has 176 valence electrons. The van der Waals surface area contributed by atoms with Gasteiger partial charge < -0.3 is 14.4 Å². The Bertz CT molecular complexity index is 986. The highest BCUT2D eigenvalue weighted by Crippen LogP contribution is 2.33. The summed E-state index contributed by atoms with van der Waals surface area (Å²) in [6.07, 6.45) is -4.75. The first-order chi connectivity index (χ1) is 15.1. The van der Waals surface area contributed by atoms with E-state index in [-0.39, 0.29) is 18.1 Å². The third-order valence-electron chi connectivity index (χ3n) is 5.68. The Labute approximate surface area is 185 Å². The van der Waals surface area contributed by atoms with Crippen LogP contribution >= 0.6 is 0 Å². The molecule has 0 saturated carbocycles. The lowest BCUT2D eigenvalue weighted by atomic mass is 10.0. The Morgan fingerprint density at radius 3 is 2.53 bits per heavy atom. The molecule has 7 nitrogen and oxygen atoms in total. The smallest absolute Gasteiger partial charge is 0.390 e. The molecule has 0 spiro atoms. The van der Waals surface area contributed by atoms with Crippen LogP contribution < -0.4 is 9.47 Å². The average Bonchev–Trinajstić information content (AvgIpc) is 3.09. The highest BCUT2D eigenvalue weighted by atomic mass is 19.4. The lowest BCUT2D eigenvalue weighted by molar-refractivity contribution is -0.137. The Kier molecular flexibility index (Phi) is 7.02. The number of benzene rings is 1. The van der Waals surface area contributed by atoms with Crippen LogP contribution in [0.4, 0.5) is 13.2 Å². The fraction of sp³-hybridized carbons (Fsp3) is 0.545. The van der Waals surface area contributed by atoms with Gasteiger partial charge in [-0.25, -0.2) is 0 Å². The second-order valence-electron chi connectivity index (χ2n) is 8.11. The van der Waals surface area contributed by atoms with Crippen LogP contribution in [0.1, 0.15) is 39.3 Å². The molecule has 1 aliphatic heterocycles. The van der Waals surface area contributed by atoms with Crippen molar-refractivity contribution in [1.29, 1.82) is 0 Å². The van der Waals surface area contributed by atoms with Crippen molar-refractivity contribution in [2.45, 2.75) is 45.6 Å². The van der Waals surface area contributed by atoms with E-state index in [0.717, 1.165) is 22.6 Å². The maximum atomic E-state index is 12.8. The predicted octanol–water partition coefficient (Wildman–Crippen LogP) is 3.42. The third kappa shape index (κ3) is 5.01. The summed E-state index contributed by atoms with van der Waals surface area (Å²) in [5.74, 6) is 1.16. The number of hydrogen-bond acceptors (Lipinski definition) is 5. The molecule has 0 N–H and O–H groups in total. The number of nitrogens with zero attached hydrogens (tertiary/aromatic N) is 4. The van der Waals surface area contributed by atoms with E-state index in [1.165, 1.54) is 9.58 Å². The van der Waals surface area contributed by atoms with Crippen LogP contribution in [-0.2, 0) is 26.1 Å². The van der Waals surface area contributed by atoms with E-state index in [1.54, 1.807) is 28.3 Å². The molecule has 0 fully saturated rings. The maximum absolute atomic E-state index is 12.8. The number of aromatic nitrogens is 2. The van der Waals surface area contributed by atoms with E-state index in [2.05, 4.69) is 10.00 Å². The summed E-state index contributed by atoms with van der Waals surface area (Å²) in [7, 11) is 6.43. The monoisotopic (exact) mass is 454 g/mol. The van der Waals surface area contributed by atoms with Crippen molar-refractivity contribution < 1.29 is 27.4 Å². The number of aryl methyl sites for hydroxylation is 1. The summed E-state index contributed by atoms with van der Waals surface area (Å²) in [4.78, 5) is 16.2. The van der Waals surface area contributed by atoms with Gasteiger partial charge >= 0.3 is 6.18 Å². The molecule has 2 aromatic rings. The Morgan fingerprint density at radius 2 is 1.94 bits per heavy atom. The highest BCUT2D eigenvalue weighted by Gasteiger charge is 2.32. The van der Waals surface area contributed by atoms with E-state index in [0.29, 0.717) is 37.3 Å². The van der Waals surface area contributed by atoms with Gasteiger partial charge in [-0.1, -0.05) is 6.07 Å². The zero-order valence-electron chi connectivity index (χ0n) is 19.0. The van der Waals surface area contributed by atoms with E-state index in [4.69, 9.17) is 9.47 Å². The van der Waals surface area contributed by atoms with Gasteiger partial charge in [-0.2, -0.15) is 18.3 Å². The molecule has 0 unspecified atom stereocenters. The first-order valence-corrected chi connectivity index (χ1v) is 10.4.